The Balaban J connectivity index is 1.82. The van der Waals surface area contributed by atoms with Crippen molar-refractivity contribution in [2.24, 2.45) is 0 Å². The Morgan fingerprint density at radius 2 is 1.38 bits per heavy atom. The Morgan fingerprint density at radius 3 is 1.93 bits per heavy atom. The van der Waals surface area contributed by atoms with Gasteiger partial charge in [-0.2, -0.15) is 0 Å². The van der Waals surface area contributed by atoms with Crippen molar-refractivity contribution in [3.8, 4) is 0 Å². The van der Waals surface area contributed by atoms with Gasteiger partial charge in [-0.05, 0) is 61.7 Å². The first-order chi connectivity index (χ1) is 21.5. The Morgan fingerprint density at radius 1 is 0.822 bits per heavy atom. The van der Waals surface area contributed by atoms with E-state index in [9.17, 15) is 18.0 Å². The second kappa shape index (κ2) is 15.4. The largest absolute Gasteiger partial charge is 0.352 e. The maximum atomic E-state index is 14.5. The molecular weight excluding hydrogens is 629 g/mol. The summed E-state index contributed by atoms with van der Waals surface area (Å²) in [6.45, 7) is 5.21. The normalized spacial score (nSPS) is 12.6. The highest BCUT2D eigenvalue weighted by Gasteiger charge is 2.35. The summed E-state index contributed by atoms with van der Waals surface area (Å²) in [4.78, 5) is 29.8. The van der Waals surface area contributed by atoms with Gasteiger partial charge in [0, 0.05) is 29.1 Å². The molecule has 0 unspecified atom stereocenters. The van der Waals surface area contributed by atoms with E-state index < -0.39 is 28.5 Å². The molecule has 45 heavy (non-hydrogen) atoms. The predicted octanol–water partition coefficient (Wildman–Crippen LogP) is 7.05. The van der Waals surface area contributed by atoms with Crippen LogP contribution in [0.1, 0.15) is 37.0 Å². The fraction of sp³-hybridized carbons (Fsp3) is 0.257. The van der Waals surface area contributed by atoms with Crippen LogP contribution >= 0.6 is 23.2 Å². The van der Waals surface area contributed by atoms with E-state index in [4.69, 9.17) is 23.2 Å². The molecule has 10 heteroatoms. The fourth-order valence-corrected chi connectivity index (χ4v) is 6.74. The van der Waals surface area contributed by atoms with Gasteiger partial charge >= 0.3 is 0 Å². The van der Waals surface area contributed by atoms with Crippen molar-refractivity contribution in [1.29, 1.82) is 0 Å². The number of hydrogen-bond donors (Lipinski definition) is 1. The van der Waals surface area contributed by atoms with Crippen molar-refractivity contribution in [3.63, 3.8) is 0 Å². The molecule has 4 aromatic rings. The van der Waals surface area contributed by atoms with Gasteiger partial charge in [-0.15, -0.1) is 0 Å². The lowest BCUT2D eigenvalue weighted by molar-refractivity contribution is -0.140. The molecule has 4 aromatic carbocycles. The molecule has 7 nitrogen and oxygen atoms in total. The van der Waals surface area contributed by atoms with Crippen molar-refractivity contribution >= 4 is 50.7 Å². The number of halogens is 2. The molecule has 0 aromatic heterocycles. The van der Waals surface area contributed by atoms with Gasteiger partial charge in [0.05, 0.1) is 10.6 Å². The summed E-state index contributed by atoms with van der Waals surface area (Å²) >= 11 is 12.6. The molecule has 0 aliphatic heterocycles. The molecular formula is C35H37Cl2N3O4S. The number of hydrogen-bond acceptors (Lipinski definition) is 4. The van der Waals surface area contributed by atoms with E-state index >= 15 is 0 Å². The zero-order chi connectivity index (χ0) is 32.6. The highest BCUT2D eigenvalue weighted by Crippen LogP contribution is 2.30. The van der Waals surface area contributed by atoms with Crippen LogP contribution in [0.25, 0.3) is 0 Å². The second-order valence-electron chi connectivity index (χ2n) is 11.0. The van der Waals surface area contributed by atoms with Gasteiger partial charge in [0.2, 0.25) is 11.8 Å². The van der Waals surface area contributed by atoms with Gasteiger partial charge in [-0.1, -0.05) is 108 Å². The molecule has 236 valence electrons. The number of benzene rings is 4. The first-order valence-corrected chi connectivity index (χ1v) is 16.9. The Bertz CT molecular complexity index is 1680. The number of nitrogens with zero attached hydrogens (tertiary/aromatic N) is 2. The van der Waals surface area contributed by atoms with Crippen LogP contribution in [0.3, 0.4) is 0 Å². The SMILES string of the molecule is CC[C@@H](C)NC(=O)[C@H](Cc1ccccc1)N(Cc1ccccc1)C(=O)CN(c1cc(Cl)cc(Cl)c1)S(=O)(=O)c1ccc(C)cc1. The minimum atomic E-state index is -4.27. The maximum Gasteiger partial charge on any atom is 0.264 e. The molecule has 0 heterocycles. The molecule has 0 aliphatic rings. The number of aryl methyl sites for hydroxylation is 1. The monoisotopic (exact) mass is 665 g/mol. The summed E-state index contributed by atoms with van der Waals surface area (Å²) in [7, 11) is -4.27. The van der Waals surface area contributed by atoms with Gasteiger partial charge in [0.1, 0.15) is 12.6 Å². The van der Waals surface area contributed by atoms with Crippen LogP contribution in [-0.2, 0) is 32.6 Å². The van der Waals surface area contributed by atoms with Gasteiger partial charge in [0.25, 0.3) is 10.0 Å². The standard InChI is InChI=1S/C35H37Cl2N3O4S/c1-4-26(3)38-35(42)33(19-27-11-7-5-8-12-27)39(23-28-13-9-6-10-14-28)34(41)24-40(31-21-29(36)20-30(37)22-31)45(43,44)32-17-15-25(2)16-18-32/h5-18,20-22,26,33H,4,19,23-24H2,1-3H3,(H,38,42)/t26-,33+/m1/s1. The van der Waals surface area contributed by atoms with Gasteiger partial charge < -0.3 is 10.2 Å². The highest BCUT2D eigenvalue weighted by molar-refractivity contribution is 7.92. The van der Waals surface area contributed by atoms with Gasteiger partial charge in [-0.3, -0.25) is 13.9 Å². The van der Waals surface area contributed by atoms with E-state index in [2.05, 4.69) is 5.32 Å². The minimum Gasteiger partial charge on any atom is -0.352 e. The van der Waals surface area contributed by atoms with Crippen molar-refractivity contribution in [2.75, 3.05) is 10.8 Å². The molecule has 1 N–H and O–H groups in total. The number of sulfonamides is 1. The van der Waals surface area contributed by atoms with Crippen molar-refractivity contribution in [2.45, 2.75) is 57.1 Å². The maximum absolute atomic E-state index is 14.5. The summed E-state index contributed by atoms with van der Waals surface area (Å²) < 4.78 is 29.3. The molecule has 0 radical (unpaired) electrons. The van der Waals surface area contributed by atoms with Crippen LogP contribution in [0.5, 0.6) is 0 Å². The molecule has 2 atom stereocenters. The summed E-state index contributed by atoms with van der Waals surface area (Å²) in [5.41, 5.74) is 2.66. The average Bonchev–Trinajstić information content (AvgIpc) is 3.02. The van der Waals surface area contributed by atoms with Crippen LogP contribution in [-0.4, -0.2) is 43.8 Å². The van der Waals surface area contributed by atoms with E-state index in [1.807, 2.05) is 81.4 Å². The lowest BCUT2D eigenvalue weighted by Crippen LogP contribution is -2.54. The van der Waals surface area contributed by atoms with E-state index in [-0.39, 0.29) is 45.5 Å². The van der Waals surface area contributed by atoms with Crippen LogP contribution in [0.2, 0.25) is 10.0 Å². The van der Waals surface area contributed by atoms with E-state index in [0.29, 0.717) is 6.42 Å². The van der Waals surface area contributed by atoms with Crippen molar-refractivity contribution in [3.05, 3.63) is 130 Å². The molecule has 0 bridgehead atoms. The number of rotatable bonds is 13. The van der Waals surface area contributed by atoms with Crippen LogP contribution in [0.15, 0.2) is 108 Å². The van der Waals surface area contributed by atoms with Crippen LogP contribution < -0.4 is 9.62 Å². The smallest absolute Gasteiger partial charge is 0.264 e. The Hall–Kier alpha value is -3.85. The first-order valence-electron chi connectivity index (χ1n) is 14.7. The predicted molar refractivity (Wildman–Crippen MR) is 181 cm³/mol. The summed E-state index contributed by atoms with van der Waals surface area (Å²) in [5.74, 6) is -0.887. The molecule has 4 rings (SSSR count). The Labute approximate surface area is 275 Å². The van der Waals surface area contributed by atoms with E-state index in [1.165, 1.54) is 35.2 Å². The zero-order valence-corrected chi connectivity index (χ0v) is 27.8. The average molecular weight is 667 g/mol. The molecule has 0 saturated heterocycles. The molecule has 0 fully saturated rings. The van der Waals surface area contributed by atoms with Gasteiger partial charge in [-0.25, -0.2) is 8.42 Å². The first kappa shape index (κ1) is 34.0. The van der Waals surface area contributed by atoms with E-state index in [0.717, 1.165) is 21.0 Å². The third-order valence-electron chi connectivity index (χ3n) is 7.49. The van der Waals surface area contributed by atoms with Crippen LogP contribution in [0.4, 0.5) is 5.69 Å². The topological polar surface area (TPSA) is 86.8 Å². The highest BCUT2D eigenvalue weighted by atomic mass is 35.5. The molecule has 2 amide bonds. The van der Waals surface area contributed by atoms with Crippen molar-refractivity contribution < 1.29 is 18.0 Å². The number of amides is 2. The number of carbonyl (C=O) groups excluding carboxylic acids is 2. The fourth-order valence-electron chi connectivity index (χ4n) is 4.82. The zero-order valence-electron chi connectivity index (χ0n) is 25.5. The van der Waals surface area contributed by atoms with Crippen LogP contribution in [0, 0.1) is 6.92 Å². The van der Waals surface area contributed by atoms with Gasteiger partial charge in [0.15, 0.2) is 0 Å². The summed E-state index contributed by atoms with van der Waals surface area (Å²) in [5, 5.41) is 3.46. The van der Waals surface area contributed by atoms with E-state index in [1.54, 1.807) is 12.1 Å². The third kappa shape index (κ3) is 9.10. The molecule has 0 saturated carbocycles. The number of nitrogens with one attached hydrogen (secondary N) is 1. The third-order valence-corrected chi connectivity index (χ3v) is 9.72. The number of carbonyl (C=O) groups is 2. The molecule has 0 spiro atoms. The molecule has 0 aliphatic carbocycles. The quantitative estimate of drug-likeness (QED) is 0.166. The lowest BCUT2D eigenvalue weighted by Gasteiger charge is -2.34. The Kier molecular flexibility index (Phi) is 11.7. The summed E-state index contributed by atoms with van der Waals surface area (Å²) in [6, 6.07) is 28.4. The lowest BCUT2D eigenvalue weighted by atomic mass is 10.0. The number of anilines is 1. The summed E-state index contributed by atoms with van der Waals surface area (Å²) in [6.07, 6.45) is 0.934. The van der Waals surface area contributed by atoms with Crippen molar-refractivity contribution in [1.82, 2.24) is 10.2 Å². The minimum absolute atomic E-state index is 0.00181. The second-order valence-corrected chi connectivity index (χ2v) is 13.7.